The zero-order valence-corrected chi connectivity index (χ0v) is 52.5. The highest BCUT2D eigenvalue weighted by Gasteiger charge is 2.20. The Hall–Kier alpha value is -1.40. The minimum absolute atomic E-state index is 0.0197. The third-order valence-electron chi connectivity index (χ3n) is 16.8. The molecule has 458 valence electrons. The van der Waals surface area contributed by atoms with Gasteiger partial charge in [0.1, 0.15) is 0 Å². The quantitative estimate of drug-likeness (QED) is 0.0320. The van der Waals surface area contributed by atoms with Crippen molar-refractivity contribution >= 4 is 11.9 Å². The van der Waals surface area contributed by atoms with E-state index >= 15 is 0 Å². The van der Waals surface area contributed by atoms with Crippen molar-refractivity contribution in [3.63, 3.8) is 0 Å². The van der Waals surface area contributed by atoms with Gasteiger partial charge in [0.15, 0.2) is 0 Å². The summed E-state index contributed by atoms with van der Waals surface area (Å²) in [6.45, 7) is 5.00. The van der Waals surface area contributed by atoms with E-state index in [9.17, 15) is 19.8 Å². The van der Waals surface area contributed by atoms with Crippen LogP contribution in [0.25, 0.3) is 0 Å². The summed E-state index contributed by atoms with van der Waals surface area (Å²) in [5.41, 5.74) is 0. The van der Waals surface area contributed by atoms with Crippen LogP contribution in [-0.4, -0.2) is 47.4 Å². The number of ether oxygens (including phenoxy) is 1. The average Bonchev–Trinajstić information content (AvgIpc) is 3.43. The summed E-state index contributed by atoms with van der Waals surface area (Å²) < 4.78 is 5.49. The molecule has 6 nitrogen and oxygen atoms in total. The molecule has 1 amide bonds. The molecule has 0 aliphatic heterocycles. The lowest BCUT2D eigenvalue weighted by molar-refractivity contribution is -0.143. The lowest BCUT2D eigenvalue weighted by Gasteiger charge is -2.22. The lowest BCUT2D eigenvalue weighted by atomic mass is 10.0. The molecule has 0 bridgehead atoms. The number of amides is 1. The highest BCUT2D eigenvalue weighted by Crippen LogP contribution is 2.19. The van der Waals surface area contributed by atoms with Crippen LogP contribution in [0.3, 0.4) is 0 Å². The summed E-state index contributed by atoms with van der Waals surface area (Å²) in [5, 5.41) is 23.4. The molecule has 77 heavy (non-hydrogen) atoms. The van der Waals surface area contributed by atoms with E-state index in [2.05, 4.69) is 31.3 Å². The van der Waals surface area contributed by atoms with Crippen LogP contribution in [0, 0.1) is 0 Å². The SMILES string of the molecule is CCCCCCCCCCCCCCCCCCCC(O)C(CO)NC(=O)CCCCCCCCCCCCCCC/C=C\CCCCCCCCCCCCCCOC(=O)CCCCCCCCCCCCCCCC. The topological polar surface area (TPSA) is 95.9 Å². The van der Waals surface area contributed by atoms with E-state index in [4.69, 9.17) is 4.74 Å². The zero-order valence-electron chi connectivity index (χ0n) is 52.5. The van der Waals surface area contributed by atoms with Crippen LogP contribution in [0.2, 0.25) is 0 Å². The molecule has 0 saturated heterocycles. The Morgan fingerprint density at radius 2 is 0.610 bits per heavy atom. The molecule has 0 fully saturated rings. The van der Waals surface area contributed by atoms with E-state index in [0.717, 1.165) is 38.5 Å². The molecular weight excluding hydrogens is 947 g/mol. The van der Waals surface area contributed by atoms with Gasteiger partial charge in [0, 0.05) is 12.8 Å². The van der Waals surface area contributed by atoms with E-state index in [0.29, 0.717) is 25.9 Å². The highest BCUT2D eigenvalue weighted by atomic mass is 16.5. The molecular formula is C71H139NO5. The summed E-state index contributed by atoms with van der Waals surface area (Å²) >= 11 is 0. The van der Waals surface area contributed by atoms with Crippen molar-refractivity contribution in [2.45, 2.75) is 418 Å². The Balaban J connectivity index is 3.36. The molecule has 6 heteroatoms. The maximum Gasteiger partial charge on any atom is 0.305 e. The predicted molar refractivity (Wildman–Crippen MR) is 338 cm³/mol. The van der Waals surface area contributed by atoms with Crippen molar-refractivity contribution in [2.24, 2.45) is 0 Å². The van der Waals surface area contributed by atoms with Gasteiger partial charge in [0.05, 0.1) is 25.4 Å². The molecule has 0 aromatic heterocycles. The average molecular weight is 1090 g/mol. The molecule has 0 saturated carbocycles. The van der Waals surface area contributed by atoms with Crippen LogP contribution in [0.5, 0.6) is 0 Å². The first-order chi connectivity index (χ1) is 38.0. The fourth-order valence-corrected chi connectivity index (χ4v) is 11.4. The number of esters is 1. The second-order valence-electron chi connectivity index (χ2n) is 24.6. The van der Waals surface area contributed by atoms with Crippen LogP contribution in [0.15, 0.2) is 12.2 Å². The van der Waals surface area contributed by atoms with Crippen molar-refractivity contribution in [1.82, 2.24) is 5.32 Å². The standard InChI is InChI=1S/C71H139NO5/c1-3-5-7-9-11-13-15-17-19-33-36-39-43-47-51-55-59-63-69(74)68(67-73)72-70(75)64-60-56-52-48-44-40-37-34-31-29-27-25-23-21-20-22-24-26-28-30-32-35-38-42-46-50-54-58-62-66-77-71(76)65-61-57-53-49-45-41-18-16-14-12-10-8-6-4-2/h20,22,68-69,73-74H,3-19,21,23-67H2,1-2H3,(H,72,75)/b22-20-. The molecule has 3 N–H and O–H groups in total. The number of rotatable bonds is 67. The Morgan fingerprint density at radius 3 is 0.922 bits per heavy atom. The normalized spacial score (nSPS) is 12.5. The van der Waals surface area contributed by atoms with Gasteiger partial charge in [-0.1, -0.05) is 353 Å². The molecule has 0 spiro atoms. The summed E-state index contributed by atoms with van der Waals surface area (Å²) in [7, 11) is 0. The number of aliphatic hydroxyl groups is 2. The summed E-state index contributed by atoms with van der Waals surface area (Å²) in [6.07, 6.45) is 82.6. The number of hydrogen-bond acceptors (Lipinski definition) is 5. The molecule has 2 unspecified atom stereocenters. The molecule has 0 aromatic carbocycles. The van der Waals surface area contributed by atoms with Crippen molar-refractivity contribution < 1.29 is 24.5 Å². The van der Waals surface area contributed by atoms with Gasteiger partial charge < -0.3 is 20.3 Å². The first kappa shape index (κ1) is 75.6. The first-order valence-electron chi connectivity index (χ1n) is 35.4. The molecule has 0 heterocycles. The Bertz CT molecular complexity index is 1160. The minimum atomic E-state index is -0.663. The van der Waals surface area contributed by atoms with Gasteiger partial charge in [-0.2, -0.15) is 0 Å². The Morgan fingerprint density at radius 1 is 0.351 bits per heavy atom. The van der Waals surface area contributed by atoms with E-state index in [1.165, 1.54) is 334 Å². The second kappa shape index (κ2) is 67.1. The van der Waals surface area contributed by atoms with Gasteiger partial charge in [-0.05, 0) is 51.4 Å². The van der Waals surface area contributed by atoms with Crippen LogP contribution in [0.4, 0.5) is 0 Å². The van der Waals surface area contributed by atoms with Crippen LogP contribution >= 0.6 is 0 Å². The maximum atomic E-state index is 12.5. The Labute approximate surface area is 482 Å². The minimum Gasteiger partial charge on any atom is -0.466 e. The van der Waals surface area contributed by atoms with Crippen molar-refractivity contribution in [1.29, 1.82) is 0 Å². The van der Waals surface area contributed by atoms with Gasteiger partial charge in [-0.3, -0.25) is 9.59 Å². The molecule has 0 rings (SSSR count). The number of aliphatic hydroxyl groups excluding tert-OH is 2. The fraction of sp³-hybridized carbons (Fsp3) is 0.944. The molecule has 2 atom stereocenters. The fourth-order valence-electron chi connectivity index (χ4n) is 11.4. The number of carbonyl (C=O) groups excluding carboxylic acids is 2. The second-order valence-corrected chi connectivity index (χ2v) is 24.6. The van der Waals surface area contributed by atoms with Gasteiger partial charge in [-0.15, -0.1) is 0 Å². The number of unbranched alkanes of at least 4 members (excludes halogenated alkanes) is 54. The number of hydrogen-bond donors (Lipinski definition) is 3. The third-order valence-corrected chi connectivity index (χ3v) is 16.8. The first-order valence-corrected chi connectivity index (χ1v) is 35.4. The number of allylic oxidation sites excluding steroid dienone is 2. The number of nitrogens with one attached hydrogen (secondary N) is 1. The van der Waals surface area contributed by atoms with Crippen LogP contribution in [-0.2, 0) is 14.3 Å². The van der Waals surface area contributed by atoms with E-state index in [1.54, 1.807) is 0 Å². The van der Waals surface area contributed by atoms with E-state index in [1.807, 2.05) is 0 Å². The van der Waals surface area contributed by atoms with Crippen molar-refractivity contribution in [3.05, 3.63) is 12.2 Å². The molecule has 0 aliphatic rings. The van der Waals surface area contributed by atoms with Gasteiger partial charge in [-0.25, -0.2) is 0 Å². The van der Waals surface area contributed by atoms with E-state index in [-0.39, 0.29) is 18.5 Å². The van der Waals surface area contributed by atoms with Crippen molar-refractivity contribution in [3.8, 4) is 0 Å². The monoisotopic (exact) mass is 1090 g/mol. The highest BCUT2D eigenvalue weighted by molar-refractivity contribution is 5.76. The summed E-state index contributed by atoms with van der Waals surface area (Å²) in [6, 6.07) is -0.540. The number of carbonyl (C=O) groups is 2. The van der Waals surface area contributed by atoms with Crippen molar-refractivity contribution in [2.75, 3.05) is 13.2 Å². The summed E-state index contributed by atoms with van der Waals surface area (Å²) in [4.78, 5) is 24.6. The molecule has 0 radical (unpaired) electrons. The maximum absolute atomic E-state index is 12.5. The van der Waals surface area contributed by atoms with Gasteiger partial charge in [0.2, 0.25) is 5.91 Å². The molecule has 0 aliphatic carbocycles. The Kier molecular flexibility index (Phi) is 65.9. The van der Waals surface area contributed by atoms with Gasteiger partial charge in [0.25, 0.3) is 0 Å². The zero-order chi connectivity index (χ0) is 55.7. The lowest BCUT2D eigenvalue weighted by Crippen LogP contribution is -2.45. The van der Waals surface area contributed by atoms with Crippen LogP contribution in [0.1, 0.15) is 406 Å². The molecule has 0 aromatic rings. The van der Waals surface area contributed by atoms with E-state index < -0.39 is 12.1 Å². The van der Waals surface area contributed by atoms with Crippen LogP contribution < -0.4 is 5.32 Å². The summed E-state index contributed by atoms with van der Waals surface area (Å²) in [5.74, 6) is -0.0104. The third kappa shape index (κ3) is 63.6. The smallest absolute Gasteiger partial charge is 0.305 e. The van der Waals surface area contributed by atoms with Gasteiger partial charge >= 0.3 is 5.97 Å². The largest absolute Gasteiger partial charge is 0.466 e. The predicted octanol–water partition coefficient (Wildman–Crippen LogP) is 22.8.